The molecule has 3 rings (SSSR count). The van der Waals surface area contributed by atoms with Gasteiger partial charge in [-0.15, -0.1) is 0 Å². The van der Waals surface area contributed by atoms with Crippen molar-refractivity contribution in [1.82, 2.24) is 4.90 Å². The molecule has 0 unspecified atom stereocenters. The molecule has 1 aromatic rings. The average molecular weight is 361 g/mol. The molecule has 0 N–H and O–H groups in total. The highest BCUT2D eigenvalue weighted by atomic mass is 32.2. The molecule has 126 valence electrons. The van der Waals surface area contributed by atoms with Crippen molar-refractivity contribution < 1.29 is 14.3 Å². The predicted octanol–water partition coefficient (Wildman–Crippen LogP) is 3.76. The molecule has 1 aliphatic heterocycles. The molecule has 1 saturated heterocycles. The summed E-state index contributed by atoms with van der Waals surface area (Å²) in [7, 11) is 0. The maximum absolute atomic E-state index is 12.5. The fraction of sp³-hybridized carbons (Fsp3) is 0.389. The van der Waals surface area contributed by atoms with Crippen molar-refractivity contribution >= 4 is 46.3 Å². The predicted molar refractivity (Wildman–Crippen MR) is 99.3 cm³/mol. The standard InChI is InChI=1S/C18H19NO3S2/c20-16(22-14-9-5-2-6-10-14)12-19-17(21)15(24-18(19)23)11-13-7-3-1-4-8-13/h1,3-4,7-8,11,14H,2,5-6,9-10,12H2/b15-11+. The molecule has 1 aromatic carbocycles. The number of carbonyl (C=O) groups is 2. The number of thioether (sulfide) groups is 1. The van der Waals surface area contributed by atoms with Crippen LogP contribution in [0, 0.1) is 0 Å². The monoisotopic (exact) mass is 361 g/mol. The lowest BCUT2D eigenvalue weighted by atomic mass is 9.98. The van der Waals surface area contributed by atoms with E-state index in [4.69, 9.17) is 17.0 Å². The van der Waals surface area contributed by atoms with Crippen molar-refractivity contribution in [2.24, 2.45) is 0 Å². The Morgan fingerprint density at radius 2 is 1.96 bits per heavy atom. The van der Waals surface area contributed by atoms with Crippen LogP contribution in [0.1, 0.15) is 37.7 Å². The summed E-state index contributed by atoms with van der Waals surface area (Å²) in [5.74, 6) is -0.603. The van der Waals surface area contributed by atoms with Gasteiger partial charge in [-0.25, -0.2) is 0 Å². The van der Waals surface area contributed by atoms with Crippen molar-refractivity contribution in [3.63, 3.8) is 0 Å². The Kier molecular flexibility index (Phi) is 5.68. The van der Waals surface area contributed by atoms with E-state index in [2.05, 4.69) is 0 Å². The smallest absolute Gasteiger partial charge is 0.326 e. The SMILES string of the molecule is O=C(CN1C(=O)/C(=C\c2ccccc2)SC1=S)OC1CCCCC1. The molecule has 2 fully saturated rings. The molecule has 1 heterocycles. The fourth-order valence-electron chi connectivity index (χ4n) is 2.87. The third kappa shape index (κ3) is 4.24. The molecule has 1 amide bonds. The zero-order valence-corrected chi connectivity index (χ0v) is 14.9. The number of thiocarbonyl (C=S) groups is 1. The molecule has 1 saturated carbocycles. The highest BCUT2D eigenvalue weighted by Crippen LogP contribution is 2.32. The number of hydrogen-bond acceptors (Lipinski definition) is 5. The van der Waals surface area contributed by atoms with Gasteiger partial charge in [0.2, 0.25) is 0 Å². The number of amides is 1. The summed E-state index contributed by atoms with van der Waals surface area (Å²) in [5, 5.41) is 0. The average Bonchev–Trinajstić information content (AvgIpc) is 2.84. The summed E-state index contributed by atoms with van der Waals surface area (Å²) in [6, 6.07) is 9.58. The van der Waals surface area contributed by atoms with E-state index in [9.17, 15) is 9.59 Å². The van der Waals surface area contributed by atoms with E-state index in [1.807, 2.05) is 30.3 Å². The van der Waals surface area contributed by atoms with Gasteiger partial charge in [0, 0.05) is 0 Å². The third-order valence-corrected chi connectivity index (χ3v) is 5.49. The van der Waals surface area contributed by atoms with Gasteiger partial charge in [-0.1, -0.05) is 60.7 Å². The van der Waals surface area contributed by atoms with Crippen LogP contribution in [0.25, 0.3) is 6.08 Å². The van der Waals surface area contributed by atoms with Gasteiger partial charge in [0.05, 0.1) is 4.91 Å². The first kappa shape index (κ1) is 17.2. The number of nitrogens with zero attached hydrogens (tertiary/aromatic N) is 1. The van der Waals surface area contributed by atoms with Gasteiger partial charge in [-0.3, -0.25) is 14.5 Å². The van der Waals surface area contributed by atoms with Crippen LogP contribution in [0.5, 0.6) is 0 Å². The Balaban J connectivity index is 1.61. The quantitative estimate of drug-likeness (QED) is 0.464. The van der Waals surface area contributed by atoms with Crippen LogP contribution in [-0.2, 0) is 14.3 Å². The second kappa shape index (κ2) is 7.94. The first-order valence-electron chi connectivity index (χ1n) is 8.13. The van der Waals surface area contributed by atoms with Gasteiger partial charge < -0.3 is 4.74 Å². The van der Waals surface area contributed by atoms with E-state index in [1.165, 1.54) is 23.1 Å². The third-order valence-electron chi connectivity index (χ3n) is 4.11. The Labute approximate surface area is 151 Å². The van der Waals surface area contributed by atoms with Crippen LogP contribution in [0.2, 0.25) is 0 Å². The second-order valence-corrected chi connectivity index (χ2v) is 7.60. The maximum Gasteiger partial charge on any atom is 0.326 e. The van der Waals surface area contributed by atoms with Gasteiger partial charge in [-0.05, 0) is 37.3 Å². The minimum Gasteiger partial charge on any atom is -0.461 e. The molecule has 0 bridgehead atoms. The van der Waals surface area contributed by atoms with Crippen LogP contribution < -0.4 is 0 Å². The fourth-order valence-corrected chi connectivity index (χ4v) is 4.13. The van der Waals surface area contributed by atoms with E-state index in [0.717, 1.165) is 31.2 Å². The molecule has 4 nitrogen and oxygen atoms in total. The van der Waals surface area contributed by atoms with E-state index in [0.29, 0.717) is 9.23 Å². The summed E-state index contributed by atoms with van der Waals surface area (Å²) in [6.07, 6.45) is 7.01. The number of carbonyl (C=O) groups excluding carboxylic acids is 2. The topological polar surface area (TPSA) is 46.6 Å². The van der Waals surface area contributed by atoms with Gasteiger partial charge in [-0.2, -0.15) is 0 Å². The van der Waals surface area contributed by atoms with Crippen molar-refractivity contribution in [3.8, 4) is 0 Å². The highest BCUT2D eigenvalue weighted by molar-refractivity contribution is 8.26. The lowest BCUT2D eigenvalue weighted by Gasteiger charge is -2.23. The van der Waals surface area contributed by atoms with Gasteiger partial charge in [0.1, 0.15) is 17.0 Å². The first-order valence-corrected chi connectivity index (χ1v) is 9.36. The Morgan fingerprint density at radius 1 is 1.25 bits per heavy atom. The molecule has 0 atom stereocenters. The summed E-state index contributed by atoms with van der Waals surface area (Å²) in [4.78, 5) is 26.5. The largest absolute Gasteiger partial charge is 0.461 e. The molecule has 0 spiro atoms. The summed E-state index contributed by atoms with van der Waals surface area (Å²) >= 11 is 6.48. The minimum atomic E-state index is -0.376. The normalized spacial score (nSPS) is 20.7. The number of ether oxygens (including phenoxy) is 1. The molecule has 2 aliphatic rings. The van der Waals surface area contributed by atoms with E-state index < -0.39 is 0 Å². The summed E-state index contributed by atoms with van der Waals surface area (Å²) in [6.45, 7) is -0.104. The van der Waals surface area contributed by atoms with Gasteiger partial charge >= 0.3 is 5.97 Å². The Morgan fingerprint density at radius 3 is 2.67 bits per heavy atom. The van der Waals surface area contributed by atoms with Gasteiger partial charge in [0.25, 0.3) is 5.91 Å². The number of benzene rings is 1. The Hall–Kier alpha value is -1.66. The van der Waals surface area contributed by atoms with E-state index in [1.54, 1.807) is 6.08 Å². The summed E-state index contributed by atoms with van der Waals surface area (Å²) in [5.41, 5.74) is 0.933. The molecule has 0 radical (unpaired) electrons. The van der Waals surface area contributed by atoms with Crippen LogP contribution in [0.4, 0.5) is 0 Å². The molecule has 6 heteroatoms. The lowest BCUT2D eigenvalue weighted by molar-refractivity contribution is -0.152. The zero-order valence-electron chi connectivity index (χ0n) is 13.3. The van der Waals surface area contributed by atoms with Gasteiger partial charge in [0.15, 0.2) is 0 Å². The molecule has 0 aromatic heterocycles. The van der Waals surface area contributed by atoms with Crippen LogP contribution in [0.15, 0.2) is 35.2 Å². The zero-order chi connectivity index (χ0) is 16.9. The lowest BCUT2D eigenvalue weighted by Crippen LogP contribution is -2.36. The Bertz CT molecular complexity index is 666. The van der Waals surface area contributed by atoms with Crippen molar-refractivity contribution in [1.29, 1.82) is 0 Å². The molecular weight excluding hydrogens is 342 g/mol. The highest BCUT2D eigenvalue weighted by Gasteiger charge is 2.34. The molecule has 1 aliphatic carbocycles. The number of esters is 1. The first-order chi connectivity index (χ1) is 11.6. The van der Waals surface area contributed by atoms with Crippen molar-refractivity contribution in [2.45, 2.75) is 38.2 Å². The number of hydrogen-bond donors (Lipinski definition) is 0. The molecule has 24 heavy (non-hydrogen) atoms. The summed E-state index contributed by atoms with van der Waals surface area (Å²) < 4.78 is 5.89. The van der Waals surface area contributed by atoms with Crippen LogP contribution in [0.3, 0.4) is 0 Å². The molecular formula is C18H19NO3S2. The van der Waals surface area contributed by atoms with Crippen LogP contribution >= 0.6 is 24.0 Å². The van der Waals surface area contributed by atoms with Crippen LogP contribution in [-0.4, -0.2) is 33.7 Å². The maximum atomic E-state index is 12.5. The van der Waals surface area contributed by atoms with Crippen molar-refractivity contribution in [3.05, 3.63) is 40.8 Å². The second-order valence-electron chi connectivity index (χ2n) is 5.93. The minimum absolute atomic E-state index is 0.00971. The van der Waals surface area contributed by atoms with Crippen molar-refractivity contribution in [2.75, 3.05) is 6.54 Å². The van der Waals surface area contributed by atoms with E-state index >= 15 is 0 Å². The number of rotatable bonds is 4. The van der Waals surface area contributed by atoms with E-state index in [-0.39, 0.29) is 24.5 Å².